The second-order valence-corrected chi connectivity index (χ2v) is 5.94. The largest absolute Gasteiger partial charge is 0.316 e. The lowest BCUT2D eigenvalue weighted by Crippen LogP contribution is -2.25. The summed E-state index contributed by atoms with van der Waals surface area (Å²) >= 11 is 12.0. The normalized spacial score (nSPS) is 28.6. The Morgan fingerprint density at radius 1 is 1.12 bits per heavy atom. The van der Waals surface area contributed by atoms with Crippen molar-refractivity contribution in [2.24, 2.45) is 11.8 Å². The zero-order valence-corrected chi connectivity index (χ0v) is 11.1. The Hall–Kier alpha value is -0.280. The Labute approximate surface area is 112 Å². The quantitative estimate of drug-likeness (QED) is 0.889. The van der Waals surface area contributed by atoms with Crippen molar-refractivity contribution in [1.29, 1.82) is 0 Å². The van der Waals surface area contributed by atoms with Gasteiger partial charge in [0.05, 0.1) is 10.0 Å². The highest BCUT2D eigenvalue weighted by molar-refractivity contribution is 6.42. The minimum absolute atomic E-state index is 0.637. The van der Waals surface area contributed by atoms with E-state index in [1.165, 1.54) is 31.7 Å². The van der Waals surface area contributed by atoms with Gasteiger partial charge >= 0.3 is 0 Å². The highest BCUT2D eigenvalue weighted by atomic mass is 35.5. The fourth-order valence-electron chi connectivity index (χ4n) is 2.98. The lowest BCUT2D eigenvalue weighted by Gasteiger charge is -2.17. The fraction of sp³-hybridized carbons (Fsp3) is 0.538. The van der Waals surface area contributed by atoms with Gasteiger partial charge in [-0.25, -0.2) is 0 Å². The van der Waals surface area contributed by atoms with E-state index in [2.05, 4.69) is 16.3 Å². The molecule has 4 heteroatoms. The summed E-state index contributed by atoms with van der Waals surface area (Å²) < 4.78 is 0. The molecule has 1 aromatic carbocycles. The van der Waals surface area contributed by atoms with Crippen LogP contribution in [0.1, 0.15) is 5.56 Å². The first-order valence-corrected chi connectivity index (χ1v) is 6.85. The number of fused-ring (bicyclic) bond motifs is 1. The van der Waals surface area contributed by atoms with E-state index in [1.807, 2.05) is 12.1 Å². The first kappa shape index (κ1) is 11.8. The van der Waals surface area contributed by atoms with Gasteiger partial charge < -0.3 is 5.32 Å². The van der Waals surface area contributed by atoms with Crippen LogP contribution >= 0.6 is 23.2 Å². The maximum atomic E-state index is 6.03. The molecule has 0 saturated carbocycles. The number of rotatable bonds is 2. The molecule has 0 spiro atoms. The molecular weight excluding hydrogens is 255 g/mol. The molecule has 2 fully saturated rings. The molecule has 1 aromatic rings. The number of hydrogen-bond acceptors (Lipinski definition) is 2. The van der Waals surface area contributed by atoms with Crippen molar-refractivity contribution in [3.8, 4) is 0 Å². The zero-order valence-electron chi connectivity index (χ0n) is 9.63. The van der Waals surface area contributed by atoms with Crippen molar-refractivity contribution >= 4 is 23.2 Å². The van der Waals surface area contributed by atoms with E-state index >= 15 is 0 Å². The lowest BCUT2D eigenvalue weighted by atomic mass is 10.0. The van der Waals surface area contributed by atoms with Gasteiger partial charge in [-0.05, 0) is 42.6 Å². The van der Waals surface area contributed by atoms with Crippen molar-refractivity contribution in [2.75, 3.05) is 26.2 Å². The van der Waals surface area contributed by atoms with E-state index in [-0.39, 0.29) is 0 Å². The SMILES string of the molecule is Clc1ccc(CN2CC3CNCC3C2)cc1Cl. The molecule has 2 saturated heterocycles. The van der Waals surface area contributed by atoms with Gasteiger partial charge in [0.2, 0.25) is 0 Å². The standard InChI is InChI=1S/C13H16Cl2N2/c14-12-2-1-9(3-13(12)15)6-17-7-10-4-16-5-11(10)8-17/h1-3,10-11,16H,4-8H2. The van der Waals surface area contributed by atoms with Crippen LogP contribution in [0.3, 0.4) is 0 Å². The van der Waals surface area contributed by atoms with E-state index in [0.717, 1.165) is 18.4 Å². The van der Waals surface area contributed by atoms with Crippen LogP contribution in [-0.4, -0.2) is 31.1 Å². The number of halogens is 2. The second kappa shape index (κ2) is 4.77. The molecule has 0 radical (unpaired) electrons. The second-order valence-electron chi connectivity index (χ2n) is 5.12. The minimum atomic E-state index is 0.637. The Bertz CT molecular complexity index is 410. The third kappa shape index (κ3) is 2.45. The summed E-state index contributed by atoms with van der Waals surface area (Å²) in [6.07, 6.45) is 0. The molecule has 2 heterocycles. The van der Waals surface area contributed by atoms with Gasteiger partial charge in [0.1, 0.15) is 0 Å². The zero-order chi connectivity index (χ0) is 11.8. The molecule has 2 atom stereocenters. The van der Waals surface area contributed by atoms with Crippen LogP contribution in [0.2, 0.25) is 10.0 Å². The van der Waals surface area contributed by atoms with Gasteiger partial charge in [0.15, 0.2) is 0 Å². The molecule has 2 aliphatic heterocycles. The van der Waals surface area contributed by atoms with Crippen molar-refractivity contribution in [3.05, 3.63) is 33.8 Å². The van der Waals surface area contributed by atoms with Crippen molar-refractivity contribution in [1.82, 2.24) is 10.2 Å². The van der Waals surface area contributed by atoms with Gasteiger partial charge in [-0.1, -0.05) is 29.3 Å². The van der Waals surface area contributed by atoms with Gasteiger partial charge in [-0.3, -0.25) is 4.90 Å². The van der Waals surface area contributed by atoms with E-state index < -0.39 is 0 Å². The van der Waals surface area contributed by atoms with Crippen molar-refractivity contribution in [2.45, 2.75) is 6.54 Å². The number of benzene rings is 1. The monoisotopic (exact) mass is 270 g/mol. The topological polar surface area (TPSA) is 15.3 Å². The minimum Gasteiger partial charge on any atom is -0.316 e. The molecule has 0 aromatic heterocycles. The van der Waals surface area contributed by atoms with Crippen LogP contribution in [0.25, 0.3) is 0 Å². The first-order valence-electron chi connectivity index (χ1n) is 6.09. The smallest absolute Gasteiger partial charge is 0.0595 e. The Morgan fingerprint density at radius 2 is 1.82 bits per heavy atom. The van der Waals surface area contributed by atoms with Crippen LogP contribution in [0, 0.1) is 11.8 Å². The van der Waals surface area contributed by atoms with Crippen LogP contribution in [0.15, 0.2) is 18.2 Å². The summed E-state index contributed by atoms with van der Waals surface area (Å²) in [5.41, 5.74) is 1.26. The van der Waals surface area contributed by atoms with Gasteiger partial charge in [0.25, 0.3) is 0 Å². The predicted molar refractivity (Wildman–Crippen MR) is 71.6 cm³/mol. The molecule has 0 bridgehead atoms. The molecule has 92 valence electrons. The van der Waals surface area contributed by atoms with E-state index in [4.69, 9.17) is 23.2 Å². The molecule has 0 aliphatic carbocycles. The first-order chi connectivity index (χ1) is 8.22. The Balaban J connectivity index is 1.65. The molecular formula is C13H16Cl2N2. The highest BCUT2D eigenvalue weighted by Crippen LogP contribution is 2.29. The van der Waals surface area contributed by atoms with Crippen LogP contribution < -0.4 is 5.32 Å². The predicted octanol–water partition coefficient (Wildman–Crippen LogP) is 2.64. The average Bonchev–Trinajstić information content (AvgIpc) is 2.84. The number of hydrogen-bond donors (Lipinski definition) is 1. The average molecular weight is 271 g/mol. The van der Waals surface area contributed by atoms with Crippen molar-refractivity contribution < 1.29 is 0 Å². The summed E-state index contributed by atoms with van der Waals surface area (Å²) in [6.45, 7) is 5.77. The summed E-state index contributed by atoms with van der Waals surface area (Å²) in [6, 6.07) is 5.94. The molecule has 2 nitrogen and oxygen atoms in total. The summed E-state index contributed by atoms with van der Waals surface area (Å²) in [5.74, 6) is 1.69. The fourth-order valence-corrected chi connectivity index (χ4v) is 3.30. The van der Waals surface area contributed by atoms with Crippen molar-refractivity contribution in [3.63, 3.8) is 0 Å². The molecule has 3 rings (SSSR count). The molecule has 0 amide bonds. The van der Waals surface area contributed by atoms with E-state index in [0.29, 0.717) is 10.0 Å². The molecule has 1 N–H and O–H groups in total. The number of likely N-dealkylation sites (tertiary alicyclic amines) is 1. The lowest BCUT2D eigenvalue weighted by molar-refractivity contribution is 0.305. The summed E-state index contributed by atoms with van der Waals surface area (Å²) in [5, 5.41) is 4.75. The molecule has 17 heavy (non-hydrogen) atoms. The molecule has 2 unspecified atom stereocenters. The van der Waals surface area contributed by atoms with E-state index in [1.54, 1.807) is 0 Å². The van der Waals surface area contributed by atoms with Gasteiger partial charge in [-0.15, -0.1) is 0 Å². The summed E-state index contributed by atoms with van der Waals surface area (Å²) in [7, 11) is 0. The van der Waals surface area contributed by atoms with Gasteiger partial charge in [0, 0.05) is 19.6 Å². The van der Waals surface area contributed by atoms with E-state index in [9.17, 15) is 0 Å². The maximum absolute atomic E-state index is 6.03. The van der Waals surface area contributed by atoms with Crippen LogP contribution in [0.4, 0.5) is 0 Å². The molecule has 2 aliphatic rings. The summed E-state index contributed by atoms with van der Waals surface area (Å²) in [4.78, 5) is 2.52. The Morgan fingerprint density at radius 3 is 2.47 bits per heavy atom. The van der Waals surface area contributed by atoms with Crippen LogP contribution in [-0.2, 0) is 6.54 Å². The third-order valence-electron chi connectivity index (χ3n) is 3.86. The number of nitrogens with one attached hydrogen (secondary N) is 1. The highest BCUT2D eigenvalue weighted by Gasteiger charge is 2.35. The third-order valence-corrected chi connectivity index (χ3v) is 4.59. The number of nitrogens with zero attached hydrogens (tertiary/aromatic N) is 1. The van der Waals surface area contributed by atoms with Crippen LogP contribution in [0.5, 0.6) is 0 Å². The van der Waals surface area contributed by atoms with Gasteiger partial charge in [-0.2, -0.15) is 0 Å². The maximum Gasteiger partial charge on any atom is 0.0595 e. The Kier molecular flexibility index (Phi) is 3.31.